The molecule has 1 aromatic heterocycles. The fourth-order valence-electron chi connectivity index (χ4n) is 2.97. The summed E-state index contributed by atoms with van der Waals surface area (Å²) in [7, 11) is 1.77. The van der Waals surface area contributed by atoms with Crippen LogP contribution in [0.2, 0.25) is 0 Å². The number of pyridine rings is 1. The van der Waals surface area contributed by atoms with Gasteiger partial charge in [-0.25, -0.2) is 4.98 Å². The number of likely N-dealkylation sites (N-methyl/N-ethyl adjacent to an activating group) is 1. The first-order valence-electron chi connectivity index (χ1n) is 8.61. The molecule has 2 heterocycles. The van der Waals surface area contributed by atoms with Crippen molar-refractivity contribution in [2.45, 2.75) is 45.2 Å². The molecule has 7 nitrogen and oxygen atoms in total. The SMILES string of the molecule is CC(=O)N(C)[C@H]1CCN(C(=O)c2ccc(NC(C)(C)CCO)nc2)C1. The Labute approximate surface area is 149 Å². The number of aliphatic hydroxyl groups is 1. The molecule has 1 fully saturated rings. The zero-order chi connectivity index (χ0) is 18.6. The Hall–Kier alpha value is -2.15. The largest absolute Gasteiger partial charge is 0.396 e. The van der Waals surface area contributed by atoms with E-state index in [2.05, 4.69) is 10.3 Å². The maximum absolute atomic E-state index is 12.6. The van der Waals surface area contributed by atoms with Gasteiger partial charge in [-0.15, -0.1) is 0 Å². The topological polar surface area (TPSA) is 85.8 Å². The van der Waals surface area contributed by atoms with Crippen molar-refractivity contribution in [1.29, 1.82) is 0 Å². The zero-order valence-electron chi connectivity index (χ0n) is 15.5. The summed E-state index contributed by atoms with van der Waals surface area (Å²) in [6, 6.07) is 3.62. The summed E-state index contributed by atoms with van der Waals surface area (Å²) in [6.07, 6.45) is 2.97. The lowest BCUT2D eigenvalue weighted by molar-refractivity contribution is -0.129. The minimum atomic E-state index is -0.271. The Kier molecular flexibility index (Phi) is 6.00. The molecule has 1 aliphatic rings. The molecule has 25 heavy (non-hydrogen) atoms. The van der Waals surface area contributed by atoms with E-state index >= 15 is 0 Å². The number of carbonyl (C=O) groups excluding carboxylic acids is 2. The fourth-order valence-corrected chi connectivity index (χ4v) is 2.97. The van der Waals surface area contributed by atoms with E-state index in [-0.39, 0.29) is 30.0 Å². The molecule has 138 valence electrons. The van der Waals surface area contributed by atoms with Crippen molar-refractivity contribution >= 4 is 17.6 Å². The highest BCUT2D eigenvalue weighted by Gasteiger charge is 2.30. The molecular formula is C18H28N4O3. The smallest absolute Gasteiger partial charge is 0.255 e. The van der Waals surface area contributed by atoms with E-state index < -0.39 is 0 Å². The van der Waals surface area contributed by atoms with Gasteiger partial charge in [0.2, 0.25) is 5.91 Å². The van der Waals surface area contributed by atoms with Gasteiger partial charge in [0.25, 0.3) is 5.91 Å². The van der Waals surface area contributed by atoms with Crippen LogP contribution >= 0.6 is 0 Å². The summed E-state index contributed by atoms with van der Waals surface area (Å²) in [4.78, 5) is 31.9. The molecule has 0 bridgehead atoms. The summed E-state index contributed by atoms with van der Waals surface area (Å²) >= 11 is 0. The normalized spacial score (nSPS) is 17.5. The highest BCUT2D eigenvalue weighted by atomic mass is 16.3. The van der Waals surface area contributed by atoms with Crippen molar-refractivity contribution in [1.82, 2.24) is 14.8 Å². The van der Waals surface area contributed by atoms with Crippen LogP contribution in [0.5, 0.6) is 0 Å². The minimum absolute atomic E-state index is 0.0156. The minimum Gasteiger partial charge on any atom is -0.396 e. The predicted molar refractivity (Wildman–Crippen MR) is 96.4 cm³/mol. The summed E-state index contributed by atoms with van der Waals surface area (Å²) in [5.74, 6) is 0.626. The van der Waals surface area contributed by atoms with Crippen molar-refractivity contribution in [2.75, 3.05) is 32.1 Å². The standard InChI is InChI=1S/C18H28N4O3/c1-13(24)21(4)15-7-9-22(12-15)17(25)14-5-6-16(19-11-14)20-18(2,3)8-10-23/h5-6,11,15,23H,7-10,12H2,1-4H3,(H,19,20)/t15-/m0/s1. The van der Waals surface area contributed by atoms with E-state index in [0.717, 1.165) is 6.42 Å². The summed E-state index contributed by atoms with van der Waals surface area (Å²) in [5, 5.41) is 12.3. The molecule has 7 heteroatoms. The molecule has 1 aromatic rings. The van der Waals surface area contributed by atoms with Gasteiger partial charge in [0.05, 0.1) is 11.6 Å². The molecule has 1 atom stereocenters. The monoisotopic (exact) mass is 348 g/mol. The molecule has 0 radical (unpaired) electrons. The molecule has 0 aliphatic carbocycles. The van der Waals surface area contributed by atoms with Gasteiger partial charge >= 0.3 is 0 Å². The van der Waals surface area contributed by atoms with Crippen molar-refractivity contribution in [3.05, 3.63) is 23.9 Å². The van der Waals surface area contributed by atoms with Gasteiger partial charge in [0.15, 0.2) is 0 Å². The molecule has 2 amide bonds. The molecule has 2 N–H and O–H groups in total. The Morgan fingerprint density at radius 1 is 1.44 bits per heavy atom. The van der Waals surface area contributed by atoms with Crippen LogP contribution in [0.3, 0.4) is 0 Å². The first-order valence-corrected chi connectivity index (χ1v) is 8.61. The first-order chi connectivity index (χ1) is 11.7. The molecule has 0 aromatic carbocycles. The zero-order valence-corrected chi connectivity index (χ0v) is 15.5. The molecule has 1 aliphatic heterocycles. The average molecular weight is 348 g/mol. The number of hydrogen-bond donors (Lipinski definition) is 2. The summed E-state index contributed by atoms with van der Waals surface area (Å²) in [5.41, 5.74) is 0.267. The lowest BCUT2D eigenvalue weighted by Crippen LogP contribution is -2.39. The Bertz CT molecular complexity index is 615. The lowest BCUT2D eigenvalue weighted by atomic mass is 10.0. The number of hydrogen-bond acceptors (Lipinski definition) is 5. The molecule has 0 unspecified atom stereocenters. The Morgan fingerprint density at radius 2 is 2.16 bits per heavy atom. The summed E-state index contributed by atoms with van der Waals surface area (Å²) in [6.45, 7) is 6.81. The van der Waals surface area contributed by atoms with Crippen LogP contribution < -0.4 is 5.32 Å². The third kappa shape index (κ3) is 4.92. The third-order valence-corrected chi connectivity index (χ3v) is 4.71. The van der Waals surface area contributed by atoms with E-state index in [1.807, 2.05) is 13.8 Å². The second kappa shape index (κ2) is 7.82. The number of anilines is 1. The van der Waals surface area contributed by atoms with E-state index in [1.165, 1.54) is 0 Å². The van der Waals surface area contributed by atoms with Gasteiger partial charge in [0, 0.05) is 45.4 Å². The van der Waals surface area contributed by atoms with Crippen LogP contribution in [0.25, 0.3) is 0 Å². The van der Waals surface area contributed by atoms with Crippen LogP contribution in [0.15, 0.2) is 18.3 Å². The molecule has 0 saturated carbocycles. The Morgan fingerprint density at radius 3 is 2.72 bits per heavy atom. The van der Waals surface area contributed by atoms with Gasteiger partial charge in [0.1, 0.15) is 5.82 Å². The fraction of sp³-hybridized carbons (Fsp3) is 0.611. The van der Waals surface area contributed by atoms with Gasteiger partial charge in [-0.3, -0.25) is 9.59 Å². The van der Waals surface area contributed by atoms with E-state index in [4.69, 9.17) is 5.11 Å². The van der Waals surface area contributed by atoms with Crippen LogP contribution in [0.4, 0.5) is 5.82 Å². The second-order valence-electron chi connectivity index (χ2n) is 7.24. The van der Waals surface area contributed by atoms with Crippen molar-refractivity contribution in [3.63, 3.8) is 0 Å². The molecule has 0 spiro atoms. The van der Waals surface area contributed by atoms with Crippen molar-refractivity contribution in [2.24, 2.45) is 0 Å². The highest BCUT2D eigenvalue weighted by molar-refractivity contribution is 5.94. The van der Waals surface area contributed by atoms with Crippen LogP contribution in [-0.4, -0.2) is 70.0 Å². The first kappa shape index (κ1) is 19.2. The number of rotatable bonds is 6. The number of amides is 2. The number of aliphatic hydroxyl groups excluding tert-OH is 1. The third-order valence-electron chi connectivity index (χ3n) is 4.71. The number of likely N-dealkylation sites (tertiary alicyclic amines) is 1. The van der Waals surface area contributed by atoms with Gasteiger partial charge < -0.3 is 20.2 Å². The van der Waals surface area contributed by atoms with E-state index in [0.29, 0.717) is 30.9 Å². The van der Waals surface area contributed by atoms with Gasteiger partial charge in [-0.05, 0) is 38.8 Å². The van der Waals surface area contributed by atoms with Gasteiger partial charge in [-0.1, -0.05) is 0 Å². The molecule has 1 saturated heterocycles. The number of nitrogens with one attached hydrogen (secondary N) is 1. The molecule has 2 rings (SSSR count). The van der Waals surface area contributed by atoms with E-state index in [9.17, 15) is 9.59 Å². The van der Waals surface area contributed by atoms with E-state index in [1.54, 1.807) is 42.1 Å². The quantitative estimate of drug-likeness (QED) is 0.810. The van der Waals surface area contributed by atoms with Crippen LogP contribution in [0.1, 0.15) is 44.0 Å². The maximum atomic E-state index is 12.6. The van der Waals surface area contributed by atoms with Crippen molar-refractivity contribution < 1.29 is 14.7 Å². The number of nitrogens with zero attached hydrogens (tertiary/aromatic N) is 3. The summed E-state index contributed by atoms with van der Waals surface area (Å²) < 4.78 is 0. The molecular weight excluding hydrogens is 320 g/mol. The lowest BCUT2D eigenvalue weighted by Gasteiger charge is -2.26. The highest BCUT2D eigenvalue weighted by Crippen LogP contribution is 2.19. The van der Waals surface area contributed by atoms with Gasteiger partial charge in [-0.2, -0.15) is 0 Å². The van der Waals surface area contributed by atoms with Crippen LogP contribution in [0, 0.1) is 0 Å². The maximum Gasteiger partial charge on any atom is 0.255 e. The Balaban J connectivity index is 1.98. The predicted octanol–water partition coefficient (Wildman–Crippen LogP) is 1.35. The van der Waals surface area contributed by atoms with Crippen molar-refractivity contribution in [3.8, 4) is 0 Å². The van der Waals surface area contributed by atoms with Crippen LogP contribution in [-0.2, 0) is 4.79 Å². The second-order valence-corrected chi connectivity index (χ2v) is 7.24. The average Bonchev–Trinajstić information content (AvgIpc) is 3.03. The number of carbonyl (C=O) groups is 2. The number of aromatic nitrogens is 1.